The van der Waals surface area contributed by atoms with Crippen LogP contribution in [0, 0.1) is 0 Å². The second-order valence-electron chi connectivity index (χ2n) is 8.63. The quantitative estimate of drug-likeness (QED) is 0.328. The molecule has 2 aromatic rings. The summed E-state index contributed by atoms with van der Waals surface area (Å²) >= 11 is 0. The Labute approximate surface area is 204 Å². The van der Waals surface area contributed by atoms with Crippen LogP contribution in [0.15, 0.2) is 57.5 Å². The number of carbonyl (C=O) groups is 2. The van der Waals surface area contributed by atoms with Crippen LogP contribution in [-0.4, -0.2) is 92.8 Å². The highest BCUT2D eigenvalue weighted by molar-refractivity contribution is 7.89. The molecule has 1 amide bonds. The summed E-state index contributed by atoms with van der Waals surface area (Å²) in [6, 6.07) is 7.97. The second-order valence-corrected chi connectivity index (χ2v) is 10.8. The Bertz CT molecular complexity index is 1200. The van der Waals surface area contributed by atoms with Crippen LogP contribution in [0.4, 0.5) is 0 Å². The van der Waals surface area contributed by atoms with Gasteiger partial charge in [0.15, 0.2) is 0 Å². The van der Waals surface area contributed by atoms with Gasteiger partial charge in [0.2, 0.25) is 10.0 Å². The highest BCUT2D eigenvalue weighted by Gasteiger charge is 2.47. The lowest BCUT2D eigenvalue weighted by Crippen LogP contribution is -2.38. The van der Waals surface area contributed by atoms with Crippen molar-refractivity contribution in [1.82, 2.24) is 14.1 Å². The molecule has 2 aliphatic heterocycles. The number of hydrogen-bond donors (Lipinski definition) is 1. The number of rotatable bonds is 8. The molecule has 1 atom stereocenters. The number of ether oxygens (including phenoxy) is 1. The lowest BCUT2D eigenvalue weighted by Gasteiger charge is -2.28. The Morgan fingerprint density at radius 1 is 1.09 bits per heavy atom. The van der Waals surface area contributed by atoms with Crippen LogP contribution in [0.1, 0.15) is 23.8 Å². The Morgan fingerprint density at radius 2 is 1.77 bits per heavy atom. The molecule has 2 fully saturated rings. The first-order valence-electron chi connectivity index (χ1n) is 11.4. The van der Waals surface area contributed by atoms with Gasteiger partial charge in [-0.05, 0) is 42.8 Å². The van der Waals surface area contributed by atoms with Crippen molar-refractivity contribution in [1.29, 1.82) is 0 Å². The summed E-state index contributed by atoms with van der Waals surface area (Å²) in [5.41, 5.74) is 0.144. The van der Waals surface area contributed by atoms with E-state index in [0.717, 1.165) is 23.9 Å². The molecule has 0 spiro atoms. The van der Waals surface area contributed by atoms with E-state index in [9.17, 15) is 23.1 Å². The Hall–Kier alpha value is -2.99. The third kappa shape index (κ3) is 5.03. The maximum Gasteiger partial charge on any atom is 0.295 e. The first-order chi connectivity index (χ1) is 16.7. The standard InChI is InChI=1S/C24H29N3O7S/c1-25(2)35(31,32)18-8-6-17(7-9-18)22(28)20-21(19-5-3-14-34-19)27(24(30)23(20)29)11-4-10-26-12-15-33-16-13-26/h3,5-9,14,21,28H,4,10-13,15-16H2,1-2H3/b22-20+/t21-/m0/s1. The van der Waals surface area contributed by atoms with Gasteiger partial charge < -0.3 is 19.2 Å². The molecule has 0 radical (unpaired) electrons. The Balaban J connectivity index is 1.63. The number of aliphatic hydroxyl groups excluding tert-OH is 1. The molecule has 1 N–H and O–H groups in total. The topological polar surface area (TPSA) is 121 Å². The summed E-state index contributed by atoms with van der Waals surface area (Å²) < 4.78 is 36.7. The number of carbonyl (C=O) groups excluding carboxylic acids is 2. The fourth-order valence-corrected chi connectivity index (χ4v) is 5.20. The summed E-state index contributed by atoms with van der Waals surface area (Å²) in [6.45, 7) is 4.04. The number of Topliss-reactive ketones (excluding diaryl/α,β-unsaturated/α-hetero) is 1. The number of ketones is 1. The molecule has 3 heterocycles. The smallest absolute Gasteiger partial charge is 0.295 e. The second kappa shape index (κ2) is 10.3. The van der Waals surface area contributed by atoms with Crippen molar-refractivity contribution in [2.75, 3.05) is 53.5 Å². The number of likely N-dealkylation sites (tertiary alicyclic amines) is 1. The minimum atomic E-state index is -3.65. The van der Waals surface area contributed by atoms with Crippen molar-refractivity contribution < 1.29 is 32.3 Å². The molecule has 1 aromatic carbocycles. The lowest BCUT2D eigenvalue weighted by molar-refractivity contribution is -0.140. The van der Waals surface area contributed by atoms with E-state index < -0.39 is 27.8 Å². The molecular weight excluding hydrogens is 474 g/mol. The van der Waals surface area contributed by atoms with Crippen LogP contribution in [0.2, 0.25) is 0 Å². The number of benzene rings is 1. The zero-order valence-corrected chi connectivity index (χ0v) is 20.5. The largest absolute Gasteiger partial charge is 0.507 e. The summed E-state index contributed by atoms with van der Waals surface area (Å²) in [7, 11) is -0.806. The maximum absolute atomic E-state index is 13.0. The third-order valence-electron chi connectivity index (χ3n) is 6.24. The zero-order chi connectivity index (χ0) is 25.2. The van der Waals surface area contributed by atoms with Gasteiger partial charge in [0.25, 0.3) is 11.7 Å². The summed E-state index contributed by atoms with van der Waals surface area (Å²) in [5, 5.41) is 11.1. The normalized spacial score (nSPS) is 21.2. The van der Waals surface area contributed by atoms with E-state index in [-0.39, 0.29) is 21.8 Å². The lowest BCUT2D eigenvalue weighted by atomic mass is 9.99. The summed E-state index contributed by atoms with van der Waals surface area (Å²) in [5.74, 6) is -1.53. The molecule has 11 heteroatoms. The van der Waals surface area contributed by atoms with E-state index in [1.807, 2.05) is 0 Å². The average molecular weight is 504 g/mol. The number of nitrogens with zero attached hydrogens (tertiary/aromatic N) is 3. The minimum Gasteiger partial charge on any atom is -0.507 e. The number of sulfonamides is 1. The predicted molar refractivity (Wildman–Crippen MR) is 127 cm³/mol. The number of aliphatic hydroxyl groups is 1. The number of hydrogen-bond acceptors (Lipinski definition) is 8. The SMILES string of the molecule is CN(C)S(=O)(=O)c1ccc(/C(O)=C2\C(=O)C(=O)N(CCCN3CCOCC3)[C@H]2c2ccco2)cc1. The molecular formula is C24H29N3O7S. The minimum absolute atomic E-state index is 0.0465. The third-order valence-corrected chi connectivity index (χ3v) is 8.07. The molecule has 2 saturated heterocycles. The van der Waals surface area contributed by atoms with Crippen LogP contribution >= 0.6 is 0 Å². The molecule has 0 bridgehead atoms. The van der Waals surface area contributed by atoms with Gasteiger partial charge in [0.05, 0.1) is 29.9 Å². The number of amides is 1. The van der Waals surface area contributed by atoms with Crippen LogP contribution in [0.25, 0.3) is 5.76 Å². The van der Waals surface area contributed by atoms with Gasteiger partial charge in [-0.15, -0.1) is 0 Å². The van der Waals surface area contributed by atoms with Crippen LogP contribution in [-0.2, 0) is 24.3 Å². The van der Waals surface area contributed by atoms with E-state index in [4.69, 9.17) is 9.15 Å². The van der Waals surface area contributed by atoms with Crippen molar-refractivity contribution in [3.63, 3.8) is 0 Å². The molecule has 0 unspecified atom stereocenters. The van der Waals surface area contributed by atoms with E-state index >= 15 is 0 Å². The van der Waals surface area contributed by atoms with Gasteiger partial charge >= 0.3 is 0 Å². The Kier molecular flexibility index (Phi) is 7.41. The molecule has 2 aliphatic rings. The fraction of sp³-hybridized carbons (Fsp3) is 0.417. The number of morpholine rings is 1. The zero-order valence-electron chi connectivity index (χ0n) is 19.7. The molecule has 0 aliphatic carbocycles. The van der Waals surface area contributed by atoms with E-state index in [0.29, 0.717) is 31.9 Å². The van der Waals surface area contributed by atoms with Crippen molar-refractivity contribution in [2.24, 2.45) is 0 Å². The molecule has 4 rings (SSSR count). The fourth-order valence-electron chi connectivity index (χ4n) is 4.29. The molecule has 35 heavy (non-hydrogen) atoms. The van der Waals surface area contributed by atoms with Crippen molar-refractivity contribution in [2.45, 2.75) is 17.4 Å². The van der Waals surface area contributed by atoms with Crippen LogP contribution in [0.3, 0.4) is 0 Å². The highest BCUT2D eigenvalue weighted by atomic mass is 32.2. The van der Waals surface area contributed by atoms with Crippen molar-refractivity contribution >= 4 is 27.5 Å². The van der Waals surface area contributed by atoms with E-state index in [2.05, 4.69) is 4.90 Å². The van der Waals surface area contributed by atoms with Gasteiger partial charge in [-0.3, -0.25) is 14.5 Å². The van der Waals surface area contributed by atoms with Gasteiger partial charge in [0, 0.05) is 45.8 Å². The summed E-state index contributed by atoms with van der Waals surface area (Å²) in [4.78, 5) is 29.7. The van der Waals surface area contributed by atoms with Gasteiger partial charge in [0.1, 0.15) is 17.6 Å². The first-order valence-corrected chi connectivity index (χ1v) is 12.8. The Morgan fingerprint density at radius 3 is 2.37 bits per heavy atom. The van der Waals surface area contributed by atoms with E-state index in [1.165, 1.54) is 49.5 Å². The van der Waals surface area contributed by atoms with Crippen LogP contribution < -0.4 is 0 Å². The van der Waals surface area contributed by atoms with Gasteiger partial charge in [-0.2, -0.15) is 0 Å². The van der Waals surface area contributed by atoms with Crippen molar-refractivity contribution in [3.05, 3.63) is 59.6 Å². The predicted octanol–water partition coefficient (Wildman–Crippen LogP) is 1.67. The summed E-state index contributed by atoms with van der Waals surface area (Å²) in [6.07, 6.45) is 2.09. The van der Waals surface area contributed by atoms with E-state index in [1.54, 1.807) is 12.1 Å². The maximum atomic E-state index is 13.0. The molecule has 0 saturated carbocycles. The number of furan rings is 1. The van der Waals surface area contributed by atoms with Gasteiger partial charge in [-0.1, -0.05) is 0 Å². The van der Waals surface area contributed by atoms with Gasteiger partial charge in [-0.25, -0.2) is 12.7 Å². The van der Waals surface area contributed by atoms with Crippen LogP contribution in [0.5, 0.6) is 0 Å². The molecule has 10 nitrogen and oxygen atoms in total. The van der Waals surface area contributed by atoms with Crippen molar-refractivity contribution in [3.8, 4) is 0 Å². The monoisotopic (exact) mass is 503 g/mol. The molecule has 188 valence electrons. The molecule has 1 aromatic heterocycles. The first kappa shape index (κ1) is 25.1. The highest BCUT2D eigenvalue weighted by Crippen LogP contribution is 2.39. The average Bonchev–Trinajstić information content (AvgIpc) is 3.47.